The van der Waals surface area contributed by atoms with Crippen molar-refractivity contribution in [3.63, 3.8) is 0 Å². The molecule has 0 unspecified atom stereocenters. The lowest BCUT2D eigenvalue weighted by molar-refractivity contribution is -0.140. The van der Waals surface area contributed by atoms with E-state index < -0.39 is 10.0 Å². The number of carbonyl (C=O) groups excluding carboxylic acids is 1. The number of aryl methyl sites for hydroxylation is 1. The average Bonchev–Trinajstić information content (AvgIpc) is 2.82. The van der Waals surface area contributed by atoms with Gasteiger partial charge in [-0.2, -0.15) is 0 Å². The van der Waals surface area contributed by atoms with Crippen molar-refractivity contribution in [1.29, 1.82) is 0 Å². The number of aliphatic imine (C=N–C) groups is 1. The van der Waals surface area contributed by atoms with Gasteiger partial charge in [0.2, 0.25) is 10.0 Å². The zero-order chi connectivity index (χ0) is 25.0. The molecule has 0 bridgehead atoms. The van der Waals surface area contributed by atoms with Crippen LogP contribution >= 0.6 is 0 Å². The van der Waals surface area contributed by atoms with Gasteiger partial charge < -0.3 is 21.0 Å². The van der Waals surface area contributed by atoms with Crippen molar-refractivity contribution in [3.8, 4) is 5.75 Å². The number of phenolic OH excluding ortho intramolecular Hbond substituents is 1. The fraction of sp³-hybridized carbons (Fsp3) is 0.304. The first-order valence-corrected chi connectivity index (χ1v) is 12.1. The van der Waals surface area contributed by atoms with E-state index in [0.29, 0.717) is 36.5 Å². The lowest BCUT2D eigenvalue weighted by Gasteiger charge is -2.09. The molecule has 0 aliphatic carbocycles. The number of carbonyl (C=O) groups is 1. The highest BCUT2D eigenvalue weighted by Gasteiger charge is 2.13. The summed E-state index contributed by atoms with van der Waals surface area (Å²) in [6.07, 6.45) is 2.75. The van der Waals surface area contributed by atoms with Gasteiger partial charge in [0.05, 0.1) is 12.0 Å². The molecule has 2 rings (SSSR count). The third-order valence-electron chi connectivity index (χ3n) is 4.75. The number of nitrogens with two attached hydrogens (primary N) is 1. The van der Waals surface area contributed by atoms with E-state index in [2.05, 4.69) is 25.3 Å². The number of benzene rings is 2. The molecule has 10 nitrogen and oxygen atoms in total. The van der Waals surface area contributed by atoms with Gasteiger partial charge in [0.15, 0.2) is 0 Å². The first-order chi connectivity index (χ1) is 16.3. The van der Waals surface area contributed by atoms with Gasteiger partial charge in [-0.3, -0.25) is 9.79 Å². The molecule has 11 heteroatoms. The number of amidine groups is 1. The van der Waals surface area contributed by atoms with E-state index in [4.69, 9.17) is 5.73 Å². The highest BCUT2D eigenvalue weighted by molar-refractivity contribution is 7.89. The maximum Gasteiger partial charge on any atom is 0.305 e. The summed E-state index contributed by atoms with van der Waals surface area (Å²) in [4.78, 5) is 15.8. The van der Waals surface area contributed by atoms with Crippen LogP contribution in [0.25, 0.3) is 5.70 Å². The lowest BCUT2D eigenvalue weighted by atomic mass is 10.1. The monoisotopic (exact) mass is 489 g/mol. The van der Waals surface area contributed by atoms with Crippen LogP contribution in [-0.2, 0) is 26.0 Å². The second-order valence-corrected chi connectivity index (χ2v) is 9.00. The Morgan fingerprint density at radius 1 is 1.18 bits per heavy atom. The van der Waals surface area contributed by atoms with Crippen LogP contribution in [0.2, 0.25) is 0 Å². The number of rotatable bonds is 12. The number of ether oxygens (including phenoxy) is 1. The molecule has 0 saturated heterocycles. The Hall–Kier alpha value is -3.41. The van der Waals surface area contributed by atoms with Crippen LogP contribution in [0, 0.1) is 0 Å². The third kappa shape index (κ3) is 8.50. The van der Waals surface area contributed by atoms with Gasteiger partial charge in [-0.05, 0) is 42.7 Å². The van der Waals surface area contributed by atoms with E-state index in [0.717, 1.165) is 5.56 Å². The van der Waals surface area contributed by atoms with Crippen molar-refractivity contribution in [3.05, 3.63) is 65.7 Å². The molecule has 0 atom stereocenters. The van der Waals surface area contributed by atoms with Crippen LogP contribution in [0.5, 0.6) is 5.75 Å². The summed E-state index contributed by atoms with van der Waals surface area (Å²) >= 11 is 0. The van der Waals surface area contributed by atoms with Crippen LogP contribution in [-0.4, -0.2) is 52.6 Å². The van der Waals surface area contributed by atoms with Gasteiger partial charge >= 0.3 is 5.97 Å². The minimum Gasteiger partial charge on any atom is -0.507 e. The number of para-hydroxylation sites is 1. The number of hydrogen-bond acceptors (Lipinski definition) is 8. The summed E-state index contributed by atoms with van der Waals surface area (Å²) in [6.45, 7) is 0.533. The zero-order valence-electron chi connectivity index (χ0n) is 19.2. The van der Waals surface area contributed by atoms with Crippen LogP contribution in [0.4, 0.5) is 0 Å². The summed E-state index contributed by atoms with van der Waals surface area (Å²) < 4.78 is 32.2. The Morgan fingerprint density at radius 2 is 1.88 bits per heavy atom. The SMILES string of the molecule is CNNC(C=C(N)c1ccccc1O)=NCCCNS(=O)(=O)c1ccc(CCC(=O)OC)cc1. The van der Waals surface area contributed by atoms with Gasteiger partial charge in [0, 0.05) is 43.9 Å². The van der Waals surface area contributed by atoms with Gasteiger partial charge in [0.1, 0.15) is 11.6 Å². The molecular formula is C23H31N5O5S. The minimum absolute atomic E-state index is 0.0611. The van der Waals surface area contributed by atoms with Gasteiger partial charge in [-0.25, -0.2) is 18.6 Å². The predicted molar refractivity (Wildman–Crippen MR) is 131 cm³/mol. The van der Waals surface area contributed by atoms with E-state index in [9.17, 15) is 18.3 Å². The highest BCUT2D eigenvalue weighted by Crippen LogP contribution is 2.20. The summed E-state index contributed by atoms with van der Waals surface area (Å²) in [5, 5.41) is 9.93. The fourth-order valence-corrected chi connectivity index (χ4v) is 4.02. The maximum atomic E-state index is 12.5. The molecule has 0 spiro atoms. The molecule has 0 aliphatic rings. The molecule has 6 N–H and O–H groups in total. The van der Waals surface area contributed by atoms with Gasteiger partial charge in [0.25, 0.3) is 0 Å². The normalized spacial score (nSPS) is 12.4. The molecule has 0 aliphatic heterocycles. The van der Waals surface area contributed by atoms with E-state index >= 15 is 0 Å². The lowest BCUT2D eigenvalue weighted by Crippen LogP contribution is -2.34. The largest absolute Gasteiger partial charge is 0.507 e. The summed E-state index contributed by atoms with van der Waals surface area (Å²) in [6, 6.07) is 13.1. The smallest absolute Gasteiger partial charge is 0.305 e. The van der Waals surface area contributed by atoms with Crippen molar-refractivity contribution >= 4 is 27.5 Å². The van der Waals surface area contributed by atoms with Crippen molar-refractivity contribution in [2.24, 2.45) is 10.7 Å². The fourth-order valence-electron chi connectivity index (χ4n) is 2.94. The molecule has 184 valence electrons. The standard InChI is InChI=1S/C23H31N5O5S/c1-25-28-22(16-20(24)19-6-3-4-7-21(19)29)26-14-5-15-27-34(31,32)18-11-8-17(9-12-18)10-13-23(30)33-2/h3-4,6-9,11-12,16,25,27,29H,5,10,13-15,24H2,1-2H3,(H,26,28). The maximum absolute atomic E-state index is 12.5. The number of methoxy groups -OCH3 is 1. The number of nitrogens with zero attached hydrogens (tertiary/aromatic N) is 1. The highest BCUT2D eigenvalue weighted by atomic mass is 32.2. The Balaban J connectivity index is 1.90. The van der Waals surface area contributed by atoms with Crippen LogP contribution in [0.15, 0.2) is 64.5 Å². The molecule has 0 radical (unpaired) electrons. The number of nitrogens with one attached hydrogen (secondary N) is 3. The molecule has 0 amide bonds. The first-order valence-electron chi connectivity index (χ1n) is 10.6. The molecule has 2 aromatic rings. The third-order valence-corrected chi connectivity index (χ3v) is 6.23. The second-order valence-electron chi connectivity index (χ2n) is 7.23. The van der Waals surface area contributed by atoms with E-state index in [1.165, 1.54) is 19.2 Å². The van der Waals surface area contributed by atoms with Crippen LogP contribution < -0.4 is 21.3 Å². The first kappa shape index (κ1) is 26.8. The summed E-state index contributed by atoms with van der Waals surface area (Å²) in [7, 11) is -0.658. The van der Waals surface area contributed by atoms with Gasteiger partial charge in [-0.1, -0.05) is 24.3 Å². The molecule has 0 fully saturated rings. The zero-order valence-corrected chi connectivity index (χ0v) is 20.1. The number of sulfonamides is 1. The molecule has 2 aromatic carbocycles. The van der Waals surface area contributed by atoms with Crippen molar-refractivity contribution in [1.82, 2.24) is 15.6 Å². The molecule has 0 saturated carbocycles. The Kier molecular flexibility index (Phi) is 10.5. The topological polar surface area (TPSA) is 155 Å². The number of aromatic hydroxyl groups is 1. The predicted octanol–water partition coefficient (Wildman–Crippen LogP) is 1.29. The van der Waals surface area contributed by atoms with E-state index in [1.807, 2.05) is 0 Å². The Labute approximate surface area is 199 Å². The van der Waals surface area contributed by atoms with Gasteiger partial charge in [-0.15, -0.1) is 0 Å². The van der Waals surface area contributed by atoms with E-state index in [-0.39, 0.29) is 29.6 Å². The quantitative estimate of drug-likeness (QED) is 0.0982. The number of esters is 1. The molecule has 34 heavy (non-hydrogen) atoms. The second kappa shape index (κ2) is 13.3. The van der Waals surface area contributed by atoms with E-state index in [1.54, 1.807) is 49.5 Å². The Bertz CT molecular complexity index is 1110. The number of hydrogen-bond donors (Lipinski definition) is 5. The summed E-state index contributed by atoms with van der Waals surface area (Å²) in [5.41, 5.74) is 13.4. The van der Waals surface area contributed by atoms with Crippen LogP contribution in [0.1, 0.15) is 24.0 Å². The summed E-state index contributed by atoms with van der Waals surface area (Å²) in [5.74, 6) is 0.185. The Morgan fingerprint density at radius 3 is 2.53 bits per heavy atom. The average molecular weight is 490 g/mol. The van der Waals surface area contributed by atoms with Crippen molar-refractivity contribution in [2.45, 2.75) is 24.2 Å². The molecule has 0 aromatic heterocycles. The molecule has 0 heterocycles. The molecular weight excluding hydrogens is 458 g/mol. The minimum atomic E-state index is -3.66. The number of hydrazine groups is 1. The number of phenols is 1. The van der Waals surface area contributed by atoms with Crippen LogP contribution in [0.3, 0.4) is 0 Å². The van der Waals surface area contributed by atoms with Crippen molar-refractivity contribution < 1.29 is 23.1 Å². The van der Waals surface area contributed by atoms with Crippen molar-refractivity contribution in [2.75, 3.05) is 27.2 Å².